The molecule has 1 aromatic rings. The molecule has 0 amide bonds. The smallest absolute Gasteiger partial charge is 0.0496 e. The SMILES string of the molecule is Cl[C@@H]1CCC=C[C@H]1Sc1ccccc1. The van der Waals surface area contributed by atoms with E-state index in [2.05, 4.69) is 36.4 Å². The normalized spacial score (nSPS) is 26.4. The third kappa shape index (κ3) is 2.55. The zero-order valence-corrected chi connectivity index (χ0v) is 9.47. The van der Waals surface area contributed by atoms with Crippen LogP contribution in [-0.2, 0) is 0 Å². The monoisotopic (exact) mass is 224 g/mol. The van der Waals surface area contributed by atoms with Gasteiger partial charge in [0, 0.05) is 15.5 Å². The molecule has 0 heterocycles. The van der Waals surface area contributed by atoms with E-state index in [1.54, 1.807) is 0 Å². The third-order valence-electron chi connectivity index (χ3n) is 2.31. The van der Waals surface area contributed by atoms with Crippen molar-refractivity contribution < 1.29 is 0 Å². The highest BCUT2D eigenvalue weighted by molar-refractivity contribution is 8.00. The fourth-order valence-electron chi connectivity index (χ4n) is 1.54. The molecule has 0 aliphatic heterocycles. The highest BCUT2D eigenvalue weighted by Gasteiger charge is 2.19. The molecule has 0 saturated carbocycles. The lowest BCUT2D eigenvalue weighted by atomic mass is 10.1. The highest BCUT2D eigenvalue weighted by Crippen LogP contribution is 2.32. The number of benzene rings is 1. The van der Waals surface area contributed by atoms with E-state index in [-0.39, 0.29) is 5.38 Å². The van der Waals surface area contributed by atoms with Gasteiger partial charge in [0.1, 0.15) is 0 Å². The largest absolute Gasteiger partial charge is 0.121 e. The molecule has 1 aromatic carbocycles. The van der Waals surface area contributed by atoms with Gasteiger partial charge in [0.25, 0.3) is 0 Å². The maximum atomic E-state index is 6.26. The Morgan fingerprint density at radius 3 is 2.71 bits per heavy atom. The van der Waals surface area contributed by atoms with Crippen molar-refractivity contribution in [3.05, 3.63) is 42.5 Å². The molecule has 0 bridgehead atoms. The van der Waals surface area contributed by atoms with Gasteiger partial charge in [0.2, 0.25) is 0 Å². The summed E-state index contributed by atoms with van der Waals surface area (Å²) in [7, 11) is 0. The number of rotatable bonds is 2. The van der Waals surface area contributed by atoms with Crippen LogP contribution in [0.5, 0.6) is 0 Å². The van der Waals surface area contributed by atoms with Gasteiger partial charge in [0.15, 0.2) is 0 Å². The summed E-state index contributed by atoms with van der Waals surface area (Å²) in [6.45, 7) is 0. The Morgan fingerprint density at radius 1 is 1.21 bits per heavy atom. The maximum absolute atomic E-state index is 6.26. The van der Waals surface area contributed by atoms with Gasteiger partial charge in [-0.3, -0.25) is 0 Å². The van der Waals surface area contributed by atoms with E-state index in [4.69, 9.17) is 11.6 Å². The molecule has 0 N–H and O–H groups in total. The second kappa shape index (κ2) is 4.90. The van der Waals surface area contributed by atoms with E-state index in [0.717, 1.165) is 12.8 Å². The van der Waals surface area contributed by atoms with Crippen LogP contribution >= 0.6 is 23.4 Å². The first kappa shape index (κ1) is 10.1. The van der Waals surface area contributed by atoms with Crippen LogP contribution in [-0.4, -0.2) is 10.6 Å². The van der Waals surface area contributed by atoms with Crippen molar-refractivity contribution in [2.75, 3.05) is 0 Å². The highest BCUT2D eigenvalue weighted by atomic mass is 35.5. The van der Waals surface area contributed by atoms with Gasteiger partial charge >= 0.3 is 0 Å². The topological polar surface area (TPSA) is 0 Å². The van der Waals surface area contributed by atoms with Gasteiger partial charge in [-0.15, -0.1) is 23.4 Å². The molecule has 0 spiro atoms. The van der Waals surface area contributed by atoms with E-state index in [0.29, 0.717) is 5.25 Å². The Morgan fingerprint density at radius 2 is 2.00 bits per heavy atom. The summed E-state index contributed by atoms with van der Waals surface area (Å²) in [6.07, 6.45) is 6.70. The zero-order valence-electron chi connectivity index (χ0n) is 7.90. The fraction of sp³-hybridized carbons (Fsp3) is 0.333. The summed E-state index contributed by atoms with van der Waals surface area (Å²) < 4.78 is 0. The first-order valence-electron chi connectivity index (χ1n) is 4.89. The van der Waals surface area contributed by atoms with Gasteiger partial charge in [-0.2, -0.15) is 0 Å². The first-order valence-corrected chi connectivity index (χ1v) is 6.20. The molecule has 0 unspecified atom stereocenters. The molecular formula is C12H13ClS. The molecule has 2 heteroatoms. The lowest BCUT2D eigenvalue weighted by molar-refractivity contribution is 0.750. The summed E-state index contributed by atoms with van der Waals surface area (Å²) in [5.74, 6) is 0. The van der Waals surface area contributed by atoms with E-state index in [9.17, 15) is 0 Å². The van der Waals surface area contributed by atoms with Crippen LogP contribution in [0.4, 0.5) is 0 Å². The lowest BCUT2D eigenvalue weighted by Crippen LogP contribution is -2.17. The molecule has 0 saturated heterocycles. The van der Waals surface area contributed by atoms with Crippen molar-refractivity contribution >= 4 is 23.4 Å². The molecule has 2 rings (SSSR count). The number of thioether (sulfide) groups is 1. The molecule has 0 radical (unpaired) electrons. The van der Waals surface area contributed by atoms with Gasteiger partial charge in [-0.1, -0.05) is 30.4 Å². The number of halogens is 1. The summed E-state index contributed by atoms with van der Waals surface area (Å²) in [6, 6.07) is 10.4. The van der Waals surface area contributed by atoms with Crippen LogP contribution in [0.3, 0.4) is 0 Å². The summed E-state index contributed by atoms with van der Waals surface area (Å²) in [5.41, 5.74) is 0. The second-order valence-corrected chi connectivity index (χ2v) is 5.23. The summed E-state index contributed by atoms with van der Waals surface area (Å²) in [4.78, 5) is 1.30. The predicted molar refractivity (Wildman–Crippen MR) is 64.1 cm³/mol. The standard InChI is InChI=1S/C12H13ClS/c13-11-8-4-5-9-12(11)14-10-6-2-1-3-7-10/h1-3,5-7,9,11-12H,4,8H2/t11-,12-/m1/s1. The summed E-state index contributed by atoms with van der Waals surface area (Å²) in [5, 5.41) is 0.720. The van der Waals surface area contributed by atoms with E-state index in [1.165, 1.54) is 4.90 Å². The number of hydrogen-bond donors (Lipinski definition) is 0. The van der Waals surface area contributed by atoms with Crippen molar-refractivity contribution in [1.82, 2.24) is 0 Å². The van der Waals surface area contributed by atoms with E-state index < -0.39 is 0 Å². The molecule has 14 heavy (non-hydrogen) atoms. The second-order valence-electron chi connectivity index (χ2n) is 3.42. The minimum atomic E-state index is 0.283. The molecule has 0 aromatic heterocycles. The van der Waals surface area contributed by atoms with Crippen LogP contribution in [0.15, 0.2) is 47.4 Å². The molecule has 1 aliphatic carbocycles. The fourth-order valence-corrected chi connectivity index (χ4v) is 3.01. The van der Waals surface area contributed by atoms with Crippen molar-refractivity contribution in [3.63, 3.8) is 0 Å². The van der Waals surface area contributed by atoms with Crippen molar-refractivity contribution in [2.45, 2.75) is 28.4 Å². The lowest BCUT2D eigenvalue weighted by Gasteiger charge is -2.21. The quantitative estimate of drug-likeness (QED) is 0.538. The van der Waals surface area contributed by atoms with Crippen molar-refractivity contribution in [3.8, 4) is 0 Å². The molecule has 0 fully saturated rings. The average molecular weight is 225 g/mol. The van der Waals surface area contributed by atoms with Gasteiger partial charge in [-0.05, 0) is 25.0 Å². The Hall–Kier alpha value is -0.400. The minimum Gasteiger partial charge on any atom is -0.121 e. The van der Waals surface area contributed by atoms with Gasteiger partial charge in [0.05, 0.1) is 0 Å². The minimum absolute atomic E-state index is 0.283. The molecule has 2 atom stereocenters. The zero-order chi connectivity index (χ0) is 9.80. The number of allylic oxidation sites excluding steroid dienone is 1. The predicted octanol–water partition coefficient (Wildman–Crippen LogP) is 4.10. The van der Waals surface area contributed by atoms with E-state index >= 15 is 0 Å². The number of alkyl halides is 1. The maximum Gasteiger partial charge on any atom is 0.0496 e. The number of hydrogen-bond acceptors (Lipinski definition) is 1. The van der Waals surface area contributed by atoms with Crippen LogP contribution in [0.2, 0.25) is 0 Å². The third-order valence-corrected chi connectivity index (χ3v) is 4.25. The Labute approximate surface area is 94.4 Å². The van der Waals surface area contributed by atoms with Crippen LogP contribution in [0.25, 0.3) is 0 Å². The molecular weight excluding hydrogens is 212 g/mol. The van der Waals surface area contributed by atoms with Crippen molar-refractivity contribution in [2.24, 2.45) is 0 Å². The van der Waals surface area contributed by atoms with Gasteiger partial charge in [-0.25, -0.2) is 0 Å². The van der Waals surface area contributed by atoms with Crippen LogP contribution in [0, 0.1) is 0 Å². The Kier molecular flexibility index (Phi) is 3.55. The average Bonchev–Trinajstić information content (AvgIpc) is 2.23. The first-order chi connectivity index (χ1) is 6.86. The molecule has 1 aliphatic rings. The van der Waals surface area contributed by atoms with E-state index in [1.807, 2.05) is 17.8 Å². The van der Waals surface area contributed by atoms with Crippen LogP contribution < -0.4 is 0 Å². The summed E-state index contributed by atoms with van der Waals surface area (Å²) >= 11 is 8.11. The van der Waals surface area contributed by atoms with Crippen LogP contribution in [0.1, 0.15) is 12.8 Å². The molecule has 74 valence electrons. The van der Waals surface area contributed by atoms with Gasteiger partial charge < -0.3 is 0 Å². The van der Waals surface area contributed by atoms with Crippen molar-refractivity contribution in [1.29, 1.82) is 0 Å². The molecule has 0 nitrogen and oxygen atoms in total. The Bertz CT molecular complexity index is 307. The Balaban J connectivity index is 2.03.